The molecule has 0 radical (unpaired) electrons. The Hall–Kier alpha value is -3.48. The summed E-state index contributed by atoms with van der Waals surface area (Å²) >= 11 is 0. The van der Waals surface area contributed by atoms with Crippen molar-refractivity contribution in [3.63, 3.8) is 0 Å². The van der Waals surface area contributed by atoms with Gasteiger partial charge in [0.05, 0.1) is 29.0 Å². The lowest BCUT2D eigenvalue weighted by Gasteiger charge is -2.08. The molecule has 4 rings (SSSR count). The Kier molecular flexibility index (Phi) is 3.31. The smallest absolute Gasteiger partial charge is 0.275 e. The normalized spacial score (nSPS) is 10.9. The Bertz CT molecular complexity index is 1070. The molecule has 0 bridgehead atoms. The van der Waals surface area contributed by atoms with Gasteiger partial charge < -0.3 is 4.74 Å². The van der Waals surface area contributed by atoms with Gasteiger partial charge in [0.1, 0.15) is 5.75 Å². The number of ether oxygens (including phenoxy) is 1. The van der Waals surface area contributed by atoms with Gasteiger partial charge in [0.15, 0.2) is 11.6 Å². The lowest BCUT2D eigenvalue weighted by Crippen LogP contribution is -2.07. The first-order valence-corrected chi connectivity index (χ1v) is 7.16. The summed E-state index contributed by atoms with van der Waals surface area (Å²) in [5.41, 5.74) is 1.04. The van der Waals surface area contributed by atoms with E-state index < -0.39 is 5.82 Å². The van der Waals surface area contributed by atoms with Gasteiger partial charge in [-0.25, -0.2) is 14.2 Å². The van der Waals surface area contributed by atoms with Crippen LogP contribution < -0.4 is 10.3 Å². The number of hydrogen-bond donors (Lipinski definition) is 1. The minimum Gasteiger partial charge on any atom is -0.454 e. The Labute approximate surface area is 135 Å². The van der Waals surface area contributed by atoms with Gasteiger partial charge in [0.2, 0.25) is 0 Å². The van der Waals surface area contributed by atoms with Crippen molar-refractivity contribution in [2.45, 2.75) is 0 Å². The molecule has 1 N–H and O–H groups in total. The third-order valence-electron chi connectivity index (χ3n) is 3.55. The molecule has 0 saturated carbocycles. The van der Waals surface area contributed by atoms with Gasteiger partial charge in [-0.1, -0.05) is 12.1 Å². The first-order chi connectivity index (χ1) is 11.7. The van der Waals surface area contributed by atoms with E-state index in [0.717, 1.165) is 5.69 Å². The molecule has 0 saturated heterocycles. The zero-order valence-electron chi connectivity index (χ0n) is 12.3. The Morgan fingerprint density at radius 2 is 1.83 bits per heavy atom. The molecule has 0 aliphatic rings. The van der Waals surface area contributed by atoms with E-state index in [2.05, 4.69) is 15.3 Å². The standard InChI is InChI=1S/C17H11FN4O2/c18-14-3-1-2-4-16(14)24-12-7-5-11(6-8-12)22-15-10-19-21-17(23)13(15)9-20-22/h1-10H,(H,21,23). The van der Waals surface area contributed by atoms with Crippen LogP contribution in [0.15, 0.2) is 65.7 Å². The minimum absolute atomic E-state index is 0.158. The number of fused-ring (bicyclic) bond motifs is 1. The van der Waals surface area contributed by atoms with E-state index in [4.69, 9.17) is 4.74 Å². The highest BCUT2D eigenvalue weighted by Gasteiger charge is 2.09. The molecule has 6 nitrogen and oxygen atoms in total. The number of aromatic amines is 1. The summed E-state index contributed by atoms with van der Waals surface area (Å²) in [6, 6.07) is 13.1. The van der Waals surface area contributed by atoms with E-state index in [1.54, 1.807) is 47.1 Å². The number of aromatic nitrogens is 4. The van der Waals surface area contributed by atoms with Crippen molar-refractivity contribution in [1.82, 2.24) is 20.0 Å². The molecule has 0 aliphatic heterocycles. The third kappa shape index (κ3) is 2.41. The number of hydrogen-bond acceptors (Lipinski definition) is 4. The number of para-hydroxylation sites is 1. The number of nitrogens with one attached hydrogen (secondary N) is 1. The topological polar surface area (TPSA) is 72.8 Å². The number of nitrogens with zero attached hydrogens (tertiary/aromatic N) is 3. The van der Waals surface area contributed by atoms with Gasteiger partial charge >= 0.3 is 0 Å². The van der Waals surface area contributed by atoms with Crippen LogP contribution in [0, 0.1) is 5.82 Å². The molecule has 118 valence electrons. The highest BCUT2D eigenvalue weighted by molar-refractivity contribution is 5.78. The van der Waals surface area contributed by atoms with Gasteiger partial charge in [0, 0.05) is 0 Å². The fourth-order valence-electron chi connectivity index (χ4n) is 2.38. The van der Waals surface area contributed by atoms with Crippen LogP contribution in [0.1, 0.15) is 0 Å². The van der Waals surface area contributed by atoms with Crippen LogP contribution in [-0.4, -0.2) is 20.0 Å². The van der Waals surface area contributed by atoms with E-state index in [0.29, 0.717) is 16.7 Å². The van der Waals surface area contributed by atoms with Gasteiger partial charge in [-0.2, -0.15) is 10.2 Å². The molecule has 0 amide bonds. The van der Waals surface area contributed by atoms with Crippen molar-refractivity contribution in [2.24, 2.45) is 0 Å². The van der Waals surface area contributed by atoms with Gasteiger partial charge in [-0.3, -0.25) is 4.79 Å². The van der Waals surface area contributed by atoms with E-state index in [-0.39, 0.29) is 11.3 Å². The van der Waals surface area contributed by atoms with Crippen molar-refractivity contribution in [3.05, 3.63) is 77.1 Å². The van der Waals surface area contributed by atoms with Gasteiger partial charge in [-0.05, 0) is 36.4 Å². The maximum absolute atomic E-state index is 13.6. The second-order valence-corrected chi connectivity index (χ2v) is 5.08. The highest BCUT2D eigenvalue weighted by atomic mass is 19.1. The third-order valence-corrected chi connectivity index (χ3v) is 3.55. The van der Waals surface area contributed by atoms with Gasteiger partial charge in [0.25, 0.3) is 5.56 Å². The SMILES string of the molecule is O=c1[nH]ncc2c1cnn2-c1ccc(Oc2ccccc2F)cc1. The van der Waals surface area contributed by atoms with Crippen molar-refractivity contribution in [3.8, 4) is 17.2 Å². The first kappa shape index (κ1) is 14.1. The first-order valence-electron chi connectivity index (χ1n) is 7.16. The Morgan fingerprint density at radius 1 is 1.04 bits per heavy atom. The second kappa shape index (κ2) is 5.62. The zero-order valence-corrected chi connectivity index (χ0v) is 12.3. The summed E-state index contributed by atoms with van der Waals surface area (Å²) in [6.07, 6.45) is 3.02. The molecule has 0 unspecified atom stereocenters. The van der Waals surface area contributed by atoms with E-state index in [1.807, 2.05) is 0 Å². The lowest BCUT2D eigenvalue weighted by atomic mass is 10.3. The van der Waals surface area contributed by atoms with Crippen LogP contribution in [0.3, 0.4) is 0 Å². The molecule has 0 atom stereocenters. The summed E-state index contributed by atoms with van der Waals surface area (Å²) in [6.45, 7) is 0. The van der Waals surface area contributed by atoms with Crippen LogP contribution in [0.2, 0.25) is 0 Å². The summed E-state index contributed by atoms with van der Waals surface area (Å²) in [7, 11) is 0. The average Bonchev–Trinajstić information content (AvgIpc) is 3.03. The molecule has 2 heterocycles. The maximum Gasteiger partial charge on any atom is 0.275 e. The summed E-state index contributed by atoms with van der Waals surface area (Å²) in [5, 5.41) is 10.8. The number of benzene rings is 2. The number of H-pyrrole nitrogens is 1. The number of rotatable bonds is 3. The second-order valence-electron chi connectivity index (χ2n) is 5.08. The van der Waals surface area contributed by atoms with Gasteiger partial charge in [-0.15, -0.1) is 0 Å². The molecular weight excluding hydrogens is 311 g/mol. The Balaban J connectivity index is 1.67. The van der Waals surface area contributed by atoms with E-state index in [1.165, 1.54) is 18.5 Å². The molecule has 2 aromatic heterocycles. The molecular formula is C17H11FN4O2. The monoisotopic (exact) mass is 322 g/mol. The van der Waals surface area contributed by atoms with Crippen molar-refractivity contribution in [2.75, 3.05) is 0 Å². The van der Waals surface area contributed by atoms with Crippen LogP contribution in [0.4, 0.5) is 4.39 Å². The fourth-order valence-corrected chi connectivity index (χ4v) is 2.38. The average molecular weight is 322 g/mol. The predicted molar refractivity (Wildman–Crippen MR) is 86.0 cm³/mol. The van der Waals surface area contributed by atoms with Crippen molar-refractivity contribution >= 4 is 10.9 Å². The predicted octanol–water partition coefficient (Wildman–Crippen LogP) is 3.04. The van der Waals surface area contributed by atoms with Crippen LogP contribution in [0.25, 0.3) is 16.6 Å². The number of halogens is 1. The summed E-state index contributed by atoms with van der Waals surface area (Å²) in [4.78, 5) is 11.7. The summed E-state index contributed by atoms with van der Waals surface area (Å²) < 4.78 is 20.7. The van der Waals surface area contributed by atoms with E-state index >= 15 is 0 Å². The quantitative estimate of drug-likeness (QED) is 0.629. The van der Waals surface area contributed by atoms with Crippen LogP contribution >= 0.6 is 0 Å². The molecule has 0 spiro atoms. The van der Waals surface area contributed by atoms with Crippen molar-refractivity contribution < 1.29 is 9.13 Å². The van der Waals surface area contributed by atoms with Crippen LogP contribution in [-0.2, 0) is 0 Å². The molecule has 0 fully saturated rings. The lowest BCUT2D eigenvalue weighted by molar-refractivity contribution is 0.442. The van der Waals surface area contributed by atoms with Crippen LogP contribution in [0.5, 0.6) is 11.5 Å². The molecule has 0 aliphatic carbocycles. The molecule has 2 aromatic carbocycles. The molecule has 4 aromatic rings. The summed E-state index contributed by atoms with van der Waals surface area (Å²) in [5.74, 6) is 0.228. The van der Waals surface area contributed by atoms with Crippen molar-refractivity contribution in [1.29, 1.82) is 0 Å². The largest absolute Gasteiger partial charge is 0.454 e. The maximum atomic E-state index is 13.6. The molecule has 24 heavy (non-hydrogen) atoms. The minimum atomic E-state index is -0.426. The zero-order chi connectivity index (χ0) is 16.5. The Morgan fingerprint density at radius 3 is 2.62 bits per heavy atom. The molecule has 7 heteroatoms. The fraction of sp³-hybridized carbons (Fsp3) is 0. The highest BCUT2D eigenvalue weighted by Crippen LogP contribution is 2.25. The van der Waals surface area contributed by atoms with E-state index in [9.17, 15) is 9.18 Å².